The quantitative estimate of drug-likeness (QED) is 0.335. The van der Waals surface area contributed by atoms with Gasteiger partial charge in [-0.3, -0.25) is 15.5 Å². The van der Waals surface area contributed by atoms with Crippen molar-refractivity contribution in [3.63, 3.8) is 0 Å². The molecule has 3 N–H and O–H groups in total. The molecule has 0 bridgehead atoms. The summed E-state index contributed by atoms with van der Waals surface area (Å²) in [7, 11) is 0. The third kappa shape index (κ3) is 4.87. The molecule has 8 heteroatoms. The van der Waals surface area contributed by atoms with Crippen LogP contribution in [0.5, 0.6) is 11.5 Å². The molecule has 2 aromatic carbocycles. The minimum absolute atomic E-state index is 0.0854. The third-order valence-electron chi connectivity index (χ3n) is 5.73. The van der Waals surface area contributed by atoms with Gasteiger partial charge in [-0.15, -0.1) is 0 Å². The maximum Gasteiger partial charge on any atom is 0.231 e. The van der Waals surface area contributed by atoms with Crippen LogP contribution in [0.2, 0.25) is 5.02 Å². The monoisotopic (exact) mass is 431 g/mol. The van der Waals surface area contributed by atoms with Crippen molar-refractivity contribution in [3.8, 4) is 11.5 Å². The maximum atomic E-state index is 12.7. The second kappa shape index (κ2) is 9.66. The number of nitrogens with zero attached hydrogens (tertiary/aromatic N) is 1. The zero-order valence-corrected chi connectivity index (χ0v) is 17.5. The first-order valence-corrected chi connectivity index (χ1v) is 10.6. The molecular formula is C22H26ClN3O4. The van der Waals surface area contributed by atoms with Crippen LogP contribution >= 0.6 is 11.6 Å². The lowest BCUT2D eigenvalue weighted by Crippen LogP contribution is -2.39. The summed E-state index contributed by atoms with van der Waals surface area (Å²) in [6.07, 6.45) is 1.75. The second-order valence-electron chi connectivity index (χ2n) is 7.64. The predicted molar refractivity (Wildman–Crippen MR) is 115 cm³/mol. The van der Waals surface area contributed by atoms with Crippen molar-refractivity contribution in [1.82, 2.24) is 10.2 Å². The van der Waals surface area contributed by atoms with Gasteiger partial charge >= 0.3 is 0 Å². The molecule has 160 valence electrons. The molecule has 0 saturated carbocycles. The van der Waals surface area contributed by atoms with E-state index in [0.29, 0.717) is 28.8 Å². The summed E-state index contributed by atoms with van der Waals surface area (Å²) in [6, 6.07) is 10.8. The number of ketones is 1. The van der Waals surface area contributed by atoms with Crippen molar-refractivity contribution in [2.45, 2.75) is 19.4 Å². The number of halogens is 1. The molecule has 0 atom stereocenters. The smallest absolute Gasteiger partial charge is 0.231 e. The fourth-order valence-corrected chi connectivity index (χ4v) is 4.09. The Kier molecular flexibility index (Phi) is 6.74. The van der Waals surface area contributed by atoms with Crippen LogP contribution in [0.25, 0.3) is 0 Å². The van der Waals surface area contributed by atoms with E-state index in [0.717, 1.165) is 50.1 Å². The maximum absolute atomic E-state index is 12.7. The Morgan fingerprint density at radius 1 is 1.13 bits per heavy atom. The molecule has 0 aromatic heterocycles. The molecule has 0 spiro atoms. The van der Waals surface area contributed by atoms with E-state index in [-0.39, 0.29) is 18.5 Å². The molecule has 2 aliphatic rings. The highest BCUT2D eigenvalue weighted by Crippen LogP contribution is 2.36. The Bertz CT molecular complexity index is 883. The Hall–Kier alpha value is -2.32. The number of hydrogen-bond donors (Lipinski definition) is 3. The standard InChI is InChI=1S/C22H26ClN3O4/c23-18-3-1-15(2-4-18)22(27)16-5-8-26(9-6-16)10-7-24-13-17-11-20-21(30-14-29-20)12-19(17)25-28/h1-4,11-12,16,24-25,28H,5-10,13-14H2. The highest BCUT2D eigenvalue weighted by atomic mass is 35.5. The molecule has 30 heavy (non-hydrogen) atoms. The van der Waals surface area contributed by atoms with Gasteiger partial charge in [-0.05, 0) is 61.8 Å². The van der Waals surface area contributed by atoms with Crippen LogP contribution in [0.1, 0.15) is 28.8 Å². The fraction of sp³-hybridized carbons (Fsp3) is 0.409. The average Bonchev–Trinajstić information content (AvgIpc) is 3.24. The third-order valence-corrected chi connectivity index (χ3v) is 5.98. The molecular weight excluding hydrogens is 406 g/mol. The number of nitrogens with one attached hydrogen (secondary N) is 2. The van der Waals surface area contributed by atoms with Gasteiger partial charge in [-0.1, -0.05) is 11.6 Å². The summed E-state index contributed by atoms with van der Waals surface area (Å²) in [6.45, 7) is 4.36. The first-order valence-electron chi connectivity index (χ1n) is 10.2. The van der Waals surface area contributed by atoms with Crippen LogP contribution in [-0.2, 0) is 6.54 Å². The Morgan fingerprint density at radius 3 is 2.53 bits per heavy atom. The van der Waals surface area contributed by atoms with Crippen molar-refractivity contribution in [3.05, 3.63) is 52.5 Å². The molecule has 0 aliphatic carbocycles. The van der Waals surface area contributed by atoms with E-state index >= 15 is 0 Å². The minimum Gasteiger partial charge on any atom is -0.454 e. The summed E-state index contributed by atoms with van der Waals surface area (Å²) in [5.41, 5.74) is 4.49. The second-order valence-corrected chi connectivity index (χ2v) is 8.07. The largest absolute Gasteiger partial charge is 0.454 e. The van der Waals surface area contributed by atoms with Crippen LogP contribution < -0.4 is 20.3 Å². The number of rotatable bonds is 8. The van der Waals surface area contributed by atoms with Crippen molar-refractivity contribution in [1.29, 1.82) is 0 Å². The number of hydrogen-bond acceptors (Lipinski definition) is 7. The number of Topliss-reactive ketones (excluding diaryl/α,β-unsaturated/α-hetero) is 1. The highest BCUT2D eigenvalue weighted by Gasteiger charge is 2.25. The Balaban J connectivity index is 1.20. The van der Waals surface area contributed by atoms with Gasteiger partial charge in [0.25, 0.3) is 0 Å². The van der Waals surface area contributed by atoms with Gasteiger partial charge in [0.05, 0.1) is 5.69 Å². The number of benzene rings is 2. The van der Waals surface area contributed by atoms with E-state index in [4.69, 9.17) is 21.1 Å². The first kappa shape index (κ1) is 20.9. The van der Waals surface area contributed by atoms with Crippen LogP contribution in [-0.4, -0.2) is 48.9 Å². The lowest BCUT2D eigenvalue weighted by Gasteiger charge is -2.31. The van der Waals surface area contributed by atoms with E-state index in [2.05, 4.69) is 15.7 Å². The lowest BCUT2D eigenvalue weighted by molar-refractivity contribution is 0.0841. The van der Waals surface area contributed by atoms with Gasteiger partial charge in [-0.25, -0.2) is 0 Å². The van der Waals surface area contributed by atoms with Gasteiger partial charge in [0, 0.05) is 42.2 Å². The number of ether oxygens (including phenoxy) is 2. The molecule has 1 fully saturated rings. The SMILES string of the molecule is O=C(c1ccc(Cl)cc1)C1CCN(CCNCc2cc3c(cc2NO)OCO3)CC1. The van der Waals surface area contributed by atoms with Crippen LogP contribution in [0.4, 0.5) is 5.69 Å². The summed E-state index contributed by atoms with van der Waals surface area (Å²) in [5, 5.41) is 13.4. The van der Waals surface area contributed by atoms with Crippen LogP contribution in [0.15, 0.2) is 36.4 Å². The van der Waals surface area contributed by atoms with Crippen molar-refractivity contribution >= 4 is 23.1 Å². The average molecular weight is 432 g/mol. The van der Waals surface area contributed by atoms with Crippen LogP contribution in [0, 0.1) is 5.92 Å². The topological polar surface area (TPSA) is 83.1 Å². The molecule has 4 rings (SSSR count). The fourth-order valence-electron chi connectivity index (χ4n) is 3.96. The normalized spacial score (nSPS) is 16.6. The van der Waals surface area contributed by atoms with E-state index in [1.165, 1.54) is 0 Å². The van der Waals surface area contributed by atoms with E-state index in [1.54, 1.807) is 18.2 Å². The van der Waals surface area contributed by atoms with Gasteiger partial charge in [0.2, 0.25) is 6.79 Å². The van der Waals surface area contributed by atoms with Gasteiger partial charge in [0.1, 0.15) is 0 Å². The van der Waals surface area contributed by atoms with E-state index in [1.807, 2.05) is 18.2 Å². The summed E-state index contributed by atoms with van der Waals surface area (Å²) in [4.78, 5) is 15.0. The van der Waals surface area contributed by atoms with Crippen molar-refractivity contribution in [2.75, 3.05) is 38.5 Å². The minimum atomic E-state index is 0.0854. The lowest BCUT2D eigenvalue weighted by atomic mass is 9.89. The van der Waals surface area contributed by atoms with Gasteiger partial charge < -0.3 is 19.7 Å². The molecule has 2 heterocycles. The Morgan fingerprint density at radius 2 is 1.83 bits per heavy atom. The first-order chi connectivity index (χ1) is 14.6. The molecule has 0 unspecified atom stereocenters. The van der Waals surface area contributed by atoms with Gasteiger partial charge in [-0.2, -0.15) is 0 Å². The zero-order valence-electron chi connectivity index (χ0n) is 16.7. The highest BCUT2D eigenvalue weighted by molar-refractivity contribution is 6.30. The number of anilines is 1. The van der Waals surface area contributed by atoms with Gasteiger partial charge in [0.15, 0.2) is 17.3 Å². The molecule has 7 nitrogen and oxygen atoms in total. The number of fused-ring (bicyclic) bond motifs is 1. The number of carbonyl (C=O) groups excluding carboxylic acids is 1. The molecule has 0 amide bonds. The molecule has 1 saturated heterocycles. The predicted octanol–water partition coefficient (Wildman–Crippen LogP) is 3.55. The summed E-state index contributed by atoms with van der Waals surface area (Å²) in [5.74, 6) is 1.63. The molecule has 2 aliphatic heterocycles. The zero-order chi connectivity index (χ0) is 20.9. The van der Waals surface area contributed by atoms with E-state index in [9.17, 15) is 10.0 Å². The Labute approximate surface area is 180 Å². The van der Waals surface area contributed by atoms with Crippen molar-refractivity contribution < 1.29 is 19.5 Å². The number of piperidine rings is 1. The van der Waals surface area contributed by atoms with Crippen molar-refractivity contribution in [2.24, 2.45) is 5.92 Å². The number of carbonyl (C=O) groups is 1. The van der Waals surface area contributed by atoms with E-state index < -0.39 is 0 Å². The molecule has 2 aromatic rings. The number of likely N-dealkylation sites (tertiary alicyclic amines) is 1. The van der Waals surface area contributed by atoms with Crippen LogP contribution in [0.3, 0.4) is 0 Å². The summed E-state index contributed by atoms with van der Waals surface area (Å²) < 4.78 is 10.7. The molecule has 0 radical (unpaired) electrons. The summed E-state index contributed by atoms with van der Waals surface area (Å²) >= 11 is 5.91.